The summed E-state index contributed by atoms with van der Waals surface area (Å²) in [7, 11) is 3.17. The fraction of sp³-hybridized carbons (Fsp3) is 0.700. The smallest absolute Gasteiger partial charge is 0.330 e. The molecular formula is C10H18O4. The van der Waals surface area contributed by atoms with Gasteiger partial charge in [-0.05, 0) is 13.3 Å². The van der Waals surface area contributed by atoms with E-state index in [2.05, 4.69) is 0 Å². The van der Waals surface area contributed by atoms with Crippen LogP contribution in [0.5, 0.6) is 0 Å². The Bertz CT molecular complexity index is 173. The Kier molecular flexibility index (Phi) is 8.17. The van der Waals surface area contributed by atoms with Crippen molar-refractivity contribution >= 4 is 5.97 Å². The predicted octanol–water partition coefficient (Wildman–Crippen LogP) is 1.50. The van der Waals surface area contributed by atoms with Crippen molar-refractivity contribution in [1.82, 2.24) is 0 Å². The van der Waals surface area contributed by atoms with Gasteiger partial charge in [0.05, 0.1) is 6.61 Å². The largest absolute Gasteiger partial charge is 0.463 e. The lowest BCUT2D eigenvalue weighted by Crippen LogP contribution is -2.14. The molecule has 82 valence electrons. The maximum atomic E-state index is 10.9. The first-order valence-corrected chi connectivity index (χ1v) is 4.59. The van der Waals surface area contributed by atoms with Crippen LogP contribution in [0.25, 0.3) is 0 Å². The highest BCUT2D eigenvalue weighted by atomic mass is 16.7. The van der Waals surface area contributed by atoms with Gasteiger partial charge in [0.15, 0.2) is 6.29 Å². The lowest BCUT2D eigenvalue weighted by atomic mass is 10.3. The number of carbonyl (C=O) groups is 1. The second kappa shape index (κ2) is 8.72. The molecule has 0 atom stereocenters. The quantitative estimate of drug-likeness (QED) is 0.271. The fourth-order valence-electron chi connectivity index (χ4n) is 0.939. The Hall–Kier alpha value is -0.870. The molecule has 14 heavy (non-hydrogen) atoms. The van der Waals surface area contributed by atoms with Crippen molar-refractivity contribution in [1.29, 1.82) is 0 Å². The highest BCUT2D eigenvalue weighted by Crippen LogP contribution is 2.01. The topological polar surface area (TPSA) is 44.8 Å². The lowest BCUT2D eigenvalue weighted by molar-refractivity contribution is -0.139. The predicted molar refractivity (Wildman–Crippen MR) is 52.8 cm³/mol. The molecule has 0 saturated carbocycles. The monoisotopic (exact) mass is 202 g/mol. The first-order valence-electron chi connectivity index (χ1n) is 4.59. The number of rotatable bonds is 7. The number of ether oxygens (including phenoxy) is 3. The summed E-state index contributed by atoms with van der Waals surface area (Å²) in [4.78, 5) is 10.9. The molecule has 4 heteroatoms. The Morgan fingerprint density at radius 2 is 2.00 bits per heavy atom. The van der Waals surface area contributed by atoms with Crippen molar-refractivity contribution in [3.63, 3.8) is 0 Å². The van der Waals surface area contributed by atoms with Crippen molar-refractivity contribution in [3.05, 3.63) is 12.2 Å². The van der Waals surface area contributed by atoms with Gasteiger partial charge in [0.1, 0.15) is 0 Å². The van der Waals surface area contributed by atoms with Crippen LogP contribution in [-0.4, -0.2) is 33.1 Å². The van der Waals surface area contributed by atoms with Gasteiger partial charge in [-0.3, -0.25) is 0 Å². The van der Waals surface area contributed by atoms with E-state index in [9.17, 15) is 4.79 Å². The van der Waals surface area contributed by atoms with Crippen LogP contribution in [0.1, 0.15) is 19.8 Å². The van der Waals surface area contributed by atoms with E-state index < -0.39 is 0 Å². The summed E-state index contributed by atoms with van der Waals surface area (Å²) in [6, 6.07) is 0. The highest BCUT2D eigenvalue weighted by Gasteiger charge is 2.04. The summed E-state index contributed by atoms with van der Waals surface area (Å²) < 4.78 is 14.8. The highest BCUT2D eigenvalue weighted by molar-refractivity contribution is 5.81. The molecule has 0 radical (unpaired) electrons. The van der Waals surface area contributed by atoms with Crippen LogP contribution in [0, 0.1) is 0 Å². The number of allylic oxidation sites excluding steroid dienone is 1. The number of methoxy groups -OCH3 is 2. The third-order valence-electron chi connectivity index (χ3n) is 1.66. The molecule has 0 N–H and O–H groups in total. The van der Waals surface area contributed by atoms with E-state index in [0.29, 0.717) is 6.61 Å². The van der Waals surface area contributed by atoms with Gasteiger partial charge in [-0.2, -0.15) is 0 Å². The minimum Gasteiger partial charge on any atom is -0.463 e. The van der Waals surface area contributed by atoms with E-state index >= 15 is 0 Å². The molecular weight excluding hydrogens is 184 g/mol. The SMILES string of the molecule is CC=CC(=O)OCCCC(OC)OC. The number of hydrogen-bond acceptors (Lipinski definition) is 4. The van der Waals surface area contributed by atoms with Crippen molar-refractivity contribution in [2.75, 3.05) is 20.8 Å². The molecule has 0 fully saturated rings. The van der Waals surface area contributed by atoms with Crippen LogP contribution < -0.4 is 0 Å². The zero-order valence-corrected chi connectivity index (χ0v) is 8.99. The molecule has 4 nitrogen and oxygen atoms in total. The van der Waals surface area contributed by atoms with E-state index in [4.69, 9.17) is 14.2 Å². The van der Waals surface area contributed by atoms with Gasteiger partial charge in [0, 0.05) is 26.7 Å². The van der Waals surface area contributed by atoms with Crippen molar-refractivity contribution < 1.29 is 19.0 Å². The first-order chi connectivity index (χ1) is 6.74. The molecule has 0 amide bonds. The zero-order valence-electron chi connectivity index (χ0n) is 8.99. The van der Waals surface area contributed by atoms with Crippen molar-refractivity contribution in [2.45, 2.75) is 26.1 Å². The maximum Gasteiger partial charge on any atom is 0.330 e. The zero-order chi connectivity index (χ0) is 10.8. The van der Waals surface area contributed by atoms with E-state index in [0.717, 1.165) is 12.8 Å². The molecule has 0 bridgehead atoms. The Labute approximate surface area is 84.8 Å². The summed E-state index contributed by atoms with van der Waals surface area (Å²) in [6.07, 6.45) is 4.28. The van der Waals surface area contributed by atoms with Gasteiger partial charge in [-0.25, -0.2) is 4.79 Å². The minimum atomic E-state index is -0.307. The Morgan fingerprint density at radius 3 is 2.50 bits per heavy atom. The lowest BCUT2D eigenvalue weighted by Gasteiger charge is -2.12. The Morgan fingerprint density at radius 1 is 1.36 bits per heavy atom. The molecule has 0 aliphatic heterocycles. The summed E-state index contributed by atoms with van der Waals surface area (Å²) in [6.45, 7) is 2.17. The molecule has 0 aliphatic carbocycles. The van der Waals surface area contributed by atoms with Gasteiger partial charge in [-0.15, -0.1) is 0 Å². The van der Waals surface area contributed by atoms with Crippen LogP contribution in [-0.2, 0) is 19.0 Å². The molecule has 0 rings (SSSR count). The third-order valence-corrected chi connectivity index (χ3v) is 1.66. The number of esters is 1. The summed E-state index contributed by atoms with van der Waals surface area (Å²) in [5.74, 6) is -0.307. The fourth-order valence-corrected chi connectivity index (χ4v) is 0.939. The molecule has 0 aromatic carbocycles. The van der Waals surface area contributed by atoms with Crippen molar-refractivity contribution in [2.24, 2.45) is 0 Å². The van der Waals surface area contributed by atoms with E-state index in [-0.39, 0.29) is 12.3 Å². The summed E-state index contributed by atoms with van der Waals surface area (Å²) >= 11 is 0. The van der Waals surface area contributed by atoms with Crippen LogP contribution in [0.15, 0.2) is 12.2 Å². The number of hydrogen-bond donors (Lipinski definition) is 0. The van der Waals surface area contributed by atoms with Gasteiger partial charge in [0.25, 0.3) is 0 Å². The van der Waals surface area contributed by atoms with Crippen molar-refractivity contribution in [3.8, 4) is 0 Å². The third kappa shape index (κ3) is 6.62. The molecule has 0 aromatic heterocycles. The molecule has 0 heterocycles. The summed E-state index contributed by atoms with van der Waals surface area (Å²) in [5.41, 5.74) is 0. The van der Waals surface area contributed by atoms with Gasteiger partial charge >= 0.3 is 5.97 Å². The van der Waals surface area contributed by atoms with Crippen LogP contribution >= 0.6 is 0 Å². The molecule has 0 saturated heterocycles. The maximum absolute atomic E-state index is 10.9. The van der Waals surface area contributed by atoms with E-state index in [1.165, 1.54) is 6.08 Å². The average Bonchev–Trinajstić information content (AvgIpc) is 2.19. The van der Waals surface area contributed by atoms with Crippen LogP contribution in [0.3, 0.4) is 0 Å². The van der Waals surface area contributed by atoms with E-state index in [1.807, 2.05) is 0 Å². The van der Waals surface area contributed by atoms with Gasteiger partial charge < -0.3 is 14.2 Å². The molecule has 0 aromatic rings. The molecule has 0 unspecified atom stereocenters. The van der Waals surface area contributed by atoms with Crippen LogP contribution in [0.4, 0.5) is 0 Å². The second-order valence-corrected chi connectivity index (χ2v) is 2.71. The van der Waals surface area contributed by atoms with E-state index in [1.54, 1.807) is 27.2 Å². The van der Waals surface area contributed by atoms with Gasteiger partial charge in [-0.1, -0.05) is 6.08 Å². The summed E-state index contributed by atoms with van der Waals surface area (Å²) in [5, 5.41) is 0. The Balaban J connectivity index is 3.41. The standard InChI is InChI=1S/C10H18O4/c1-4-6-9(11)14-8-5-7-10(12-2)13-3/h4,6,10H,5,7-8H2,1-3H3. The average molecular weight is 202 g/mol. The first kappa shape index (κ1) is 13.1. The van der Waals surface area contributed by atoms with Gasteiger partial charge in [0.2, 0.25) is 0 Å². The normalized spacial score (nSPS) is 11.1. The minimum absolute atomic E-state index is 0.213. The molecule has 0 spiro atoms. The number of carbonyl (C=O) groups excluding carboxylic acids is 1. The second-order valence-electron chi connectivity index (χ2n) is 2.71. The van der Waals surface area contributed by atoms with Crippen LogP contribution in [0.2, 0.25) is 0 Å². The molecule has 0 aliphatic rings.